The minimum Gasteiger partial charge on any atom is -0.401 e. The lowest BCUT2D eigenvalue weighted by Crippen LogP contribution is -2.38. The van der Waals surface area contributed by atoms with Gasteiger partial charge in [-0.2, -0.15) is 0 Å². The van der Waals surface area contributed by atoms with Gasteiger partial charge >= 0.3 is 0 Å². The van der Waals surface area contributed by atoms with Crippen LogP contribution in [0.5, 0.6) is 0 Å². The first kappa shape index (κ1) is 13.0. The summed E-state index contributed by atoms with van der Waals surface area (Å²) in [6, 6.07) is 0. The van der Waals surface area contributed by atoms with E-state index >= 15 is 0 Å². The van der Waals surface area contributed by atoms with Gasteiger partial charge in [-0.25, -0.2) is 5.01 Å². The van der Waals surface area contributed by atoms with E-state index in [-0.39, 0.29) is 0 Å². The molecule has 0 aromatic carbocycles. The van der Waals surface area contributed by atoms with Crippen molar-refractivity contribution in [3.05, 3.63) is 11.9 Å². The van der Waals surface area contributed by atoms with Gasteiger partial charge in [0.15, 0.2) is 0 Å². The van der Waals surface area contributed by atoms with Crippen LogP contribution in [-0.4, -0.2) is 37.0 Å². The van der Waals surface area contributed by atoms with Crippen molar-refractivity contribution in [1.82, 2.24) is 10.0 Å². The van der Waals surface area contributed by atoms with E-state index in [1.807, 2.05) is 37.2 Å². The van der Waals surface area contributed by atoms with Crippen molar-refractivity contribution in [2.75, 3.05) is 21.1 Å². The van der Waals surface area contributed by atoms with Gasteiger partial charge in [0, 0.05) is 39.5 Å². The van der Waals surface area contributed by atoms with Gasteiger partial charge in [-0.05, 0) is 6.42 Å². The molecule has 0 unspecified atom stereocenters. The third-order valence-corrected chi connectivity index (χ3v) is 1.97. The molecule has 0 aliphatic carbocycles. The summed E-state index contributed by atoms with van der Waals surface area (Å²) in [4.78, 5) is 4.22. The van der Waals surface area contributed by atoms with Crippen LogP contribution in [0.3, 0.4) is 0 Å². The van der Waals surface area contributed by atoms with Gasteiger partial charge in [0.1, 0.15) is 5.84 Å². The van der Waals surface area contributed by atoms with E-state index in [2.05, 4.69) is 11.9 Å². The van der Waals surface area contributed by atoms with Gasteiger partial charge in [-0.3, -0.25) is 10.0 Å². The highest BCUT2D eigenvalue weighted by Crippen LogP contribution is 2.03. The lowest BCUT2D eigenvalue weighted by molar-refractivity contribution is 0.165. The third kappa shape index (κ3) is 3.79. The molecule has 0 aromatic rings. The summed E-state index contributed by atoms with van der Waals surface area (Å²) < 4.78 is 0. The minimum atomic E-state index is 0.852. The first-order valence-electron chi connectivity index (χ1n) is 4.95. The Bertz CT molecular complexity index is 218. The lowest BCUT2D eigenvalue weighted by Gasteiger charge is -2.28. The zero-order valence-electron chi connectivity index (χ0n) is 9.91. The number of hydrogen-bond donors (Lipinski definition) is 1. The second-order valence-electron chi connectivity index (χ2n) is 3.24. The van der Waals surface area contributed by atoms with E-state index < -0.39 is 0 Å². The van der Waals surface area contributed by atoms with Gasteiger partial charge in [0.05, 0.1) is 0 Å². The molecule has 0 spiro atoms. The van der Waals surface area contributed by atoms with Gasteiger partial charge in [-0.1, -0.05) is 13.8 Å². The second kappa shape index (κ2) is 6.43. The van der Waals surface area contributed by atoms with Gasteiger partial charge in [0.25, 0.3) is 0 Å². The Balaban J connectivity index is 4.77. The standard InChI is InChI=1S/C10H22N4/c1-6-9(11)8-14(13(4)5)10(7-2)12-3/h8H,6-7,11H2,1-5H3/b9-8+,12-10-. The van der Waals surface area contributed by atoms with E-state index in [1.54, 1.807) is 7.05 Å². The number of aliphatic imine (C=N–C) groups is 1. The van der Waals surface area contributed by atoms with Crippen molar-refractivity contribution >= 4 is 5.84 Å². The smallest absolute Gasteiger partial charge is 0.117 e. The monoisotopic (exact) mass is 198 g/mol. The number of allylic oxidation sites excluding steroid dienone is 1. The molecule has 0 aliphatic heterocycles. The predicted molar refractivity (Wildman–Crippen MR) is 61.7 cm³/mol. The van der Waals surface area contributed by atoms with Crippen LogP contribution in [0, 0.1) is 0 Å². The van der Waals surface area contributed by atoms with Gasteiger partial charge in [-0.15, -0.1) is 0 Å². The van der Waals surface area contributed by atoms with Crippen molar-refractivity contribution < 1.29 is 0 Å². The maximum atomic E-state index is 5.80. The first-order chi connectivity index (χ1) is 6.56. The van der Waals surface area contributed by atoms with E-state index in [0.717, 1.165) is 24.4 Å². The van der Waals surface area contributed by atoms with Crippen LogP contribution in [-0.2, 0) is 0 Å². The molecule has 0 saturated carbocycles. The molecule has 0 fully saturated rings. The zero-order chi connectivity index (χ0) is 11.1. The molecule has 0 radical (unpaired) electrons. The highest BCUT2D eigenvalue weighted by atomic mass is 15.6. The third-order valence-electron chi connectivity index (χ3n) is 1.97. The van der Waals surface area contributed by atoms with Crippen LogP contribution in [0.4, 0.5) is 0 Å². The molecule has 0 bridgehead atoms. The van der Waals surface area contributed by atoms with Crippen LogP contribution in [0.2, 0.25) is 0 Å². The van der Waals surface area contributed by atoms with Crippen LogP contribution in [0.1, 0.15) is 26.7 Å². The summed E-state index contributed by atoms with van der Waals surface area (Å²) in [7, 11) is 5.74. The Morgan fingerprint density at radius 3 is 2.14 bits per heavy atom. The predicted octanol–water partition coefficient (Wildman–Crippen LogP) is 1.41. The van der Waals surface area contributed by atoms with Crippen molar-refractivity contribution in [1.29, 1.82) is 0 Å². The SMILES string of the molecule is CC/C(=N/C)N(/C=C(/N)CC)N(C)C. The van der Waals surface area contributed by atoms with Crippen LogP contribution in [0.15, 0.2) is 16.9 Å². The first-order valence-corrected chi connectivity index (χ1v) is 4.95. The normalized spacial score (nSPS) is 13.6. The zero-order valence-corrected chi connectivity index (χ0v) is 9.91. The number of hydrogen-bond acceptors (Lipinski definition) is 3. The molecule has 14 heavy (non-hydrogen) atoms. The maximum Gasteiger partial charge on any atom is 0.117 e. The van der Waals surface area contributed by atoms with Crippen LogP contribution < -0.4 is 5.73 Å². The van der Waals surface area contributed by atoms with Gasteiger partial charge in [0.2, 0.25) is 0 Å². The molecule has 0 aromatic heterocycles. The Morgan fingerprint density at radius 1 is 1.29 bits per heavy atom. The number of nitrogens with zero attached hydrogens (tertiary/aromatic N) is 3. The highest BCUT2D eigenvalue weighted by Gasteiger charge is 2.08. The molecule has 0 heterocycles. The summed E-state index contributed by atoms with van der Waals surface area (Å²) in [5, 5.41) is 3.94. The quantitative estimate of drug-likeness (QED) is 0.422. The molecule has 0 saturated heterocycles. The molecular weight excluding hydrogens is 176 g/mol. The average molecular weight is 198 g/mol. The molecule has 4 nitrogen and oxygen atoms in total. The largest absolute Gasteiger partial charge is 0.401 e. The van der Waals surface area contributed by atoms with E-state index in [0.29, 0.717) is 0 Å². The fourth-order valence-corrected chi connectivity index (χ4v) is 1.09. The van der Waals surface area contributed by atoms with E-state index in [1.165, 1.54) is 0 Å². The van der Waals surface area contributed by atoms with Crippen molar-refractivity contribution in [3.8, 4) is 0 Å². The maximum absolute atomic E-state index is 5.80. The molecule has 0 rings (SSSR count). The highest BCUT2D eigenvalue weighted by molar-refractivity contribution is 5.82. The minimum absolute atomic E-state index is 0.852. The number of amidine groups is 1. The molecule has 82 valence electrons. The van der Waals surface area contributed by atoms with Gasteiger partial charge < -0.3 is 5.73 Å². The fraction of sp³-hybridized carbons (Fsp3) is 0.700. The summed E-state index contributed by atoms with van der Waals surface area (Å²) in [5.41, 5.74) is 6.65. The van der Waals surface area contributed by atoms with Crippen LogP contribution in [0.25, 0.3) is 0 Å². The molecule has 2 N–H and O–H groups in total. The Hall–Kier alpha value is -1.03. The molecular formula is C10H22N4. The summed E-state index contributed by atoms with van der Waals surface area (Å²) in [5.74, 6) is 1.01. The average Bonchev–Trinajstić information content (AvgIpc) is 2.17. The molecule has 0 amide bonds. The summed E-state index contributed by atoms with van der Waals surface area (Å²) in [6.07, 6.45) is 3.67. The number of nitrogens with two attached hydrogens (primary N) is 1. The Kier molecular flexibility index (Phi) is 5.95. The fourth-order valence-electron chi connectivity index (χ4n) is 1.09. The summed E-state index contributed by atoms with van der Waals surface area (Å²) >= 11 is 0. The Labute approximate surface area is 87.1 Å². The molecule has 4 heteroatoms. The van der Waals surface area contributed by atoms with E-state index in [4.69, 9.17) is 5.73 Å². The molecule has 0 atom stereocenters. The molecule has 0 aliphatic rings. The van der Waals surface area contributed by atoms with Crippen molar-refractivity contribution in [2.24, 2.45) is 10.7 Å². The summed E-state index contributed by atoms with van der Waals surface area (Å²) in [6.45, 7) is 4.11. The van der Waals surface area contributed by atoms with Crippen molar-refractivity contribution in [2.45, 2.75) is 26.7 Å². The van der Waals surface area contributed by atoms with Crippen LogP contribution >= 0.6 is 0 Å². The topological polar surface area (TPSA) is 44.9 Å². The van der Waals surface area contributed by atoms with E-state index in [9.17, 15) is 0 Å². The second-order valence-corrected chi connectivity index (χ2v) is 3.24. The Morgan fingerprint density at radius 2 is 1.86 bits per heavy atom. The van der Waals surface area contributed by atoms with Crippen molar-refractivity contribution in [3.63, 3.8) is 0 Å². The lowest BCUT2D eigenvalue weighted by atomic mass is 10.3. The number of rotatable bonds is 4. The number of hydrazine groups is 1.